The highest BCUT2D eigenvalue weighted by atomic mass is 16.3. The molecule has 2 aliphatic rings. The zero-order valence-corrected chi connectivity index (χ0v) is 37.6. The van der Waals surface area contributed by atoms with E-state index in [1.54, 1.807) is 0 Å². The van der Waals surface area contributed by atoms with Crippen molar-refractivity contribution in [1.29, 1.82) is 0 Å². The summed E-state index contributed by atoms with van der Waals surface area (Å²) >= 11 is 0. The van der Waals surface area contributed by atoms with Crippen LogP contribution in [0.3, 0.4) is 0 Å². The molecule has 2 aliphatic carbocycles. The van der Waals surface area contributed by atoms with E-state index in [1.165, 1.54) is 82.4 Å². The lowest BCUT2D eigenvalue weighted by Crippen LogP contribution is -2.28. The predicted octanol–water partition coefficient (Wildman–Crippen LogP) is 17.7. The molecule has 0 radical (unpaired) electrons. The number of rotatable bonds is 6. The van der Waals surface area contributed by atoms with Crippen molar-refractivity contribution in [2.45, 2.75) is 38.5 Å². The molecule has 1 atom stereocenters. The number of anilines is 3. The molecule has 0 amide bonds. The Labute approximate surface area is 385 Å². The molecule has 10 aromatic carbocycles. The molecular formula is C64H47NO. The third kappa shape index (κ3) is 5.24. The number of nitrogens with zero attached hydrogens (tertiary/aromatic N) is 1. The summed E-state index contributed by atoms with van der Waals surface area (Å²) in [6, 6.07) is 72.3. The summed E-state index contributed by atoms with van der Waals surface area (Å²) in [6.07, 6.45) is 6.59. The van der Waals surface area contributed by atoms with Crippen molar-refractivity contribution in [2.75, 3.05) is 4.90 Å². The molecule has 2 heteroatoms. The maximum absolute atomic E-state index is 6.99. The van der Waals surface area contributed by atoms with Gasteiger partial charge in [-0.25, -0.2) is 0 Å². The lowest BCUT2D eigenvalue weighted by molar-refractivity contribution is 0.660. The number of hydrogen-bond acceptors (Lipinski definition) is 2. The number of hydrogen-bond donors (Lipinski definition) is 0. The molecule has 0 saturated heterocycles. The highest BCUT2D eigenvalue weighted by molar-refractivity contribution is 6.26. The van der Waals surface area contributed by atoms with E-state index < -0.39 is 5.41 Å². The minimum atomic E-state index is -0.561. The number of fused-ring (bicyclic) bond motifs is 16. The molecule has 13 rings (SSSR count). The van der Waals surface area contributed by atoms with Crippen LogP contribution in [0.2, 0.25) is 0 Å². The van der Waals surface area contributed by atoms with E-state index in [2.05, 4.69) is 245 Å². The molecule has 66 heavy (non-hydrogen) atoms. The Morgan fingerprint density at radius 3 is 1.77 bits per heavy atom. The molecule has 2 nitrogen and oxygen atoms in total. The second-order valence-electron chi connectivity index (χ2n) is 18.7. The van der Waals surface area contributed by atoms with E-state index >= 15 is 0 Å². The number of allylic oxidation sites excluding steroid dienone is 4. The molecule has 11 aromatic rings. The van der Waals surface area contributed by atoms with Crippen LogP contribution in [-0.4, -0.2) is 0 Å². The van der Waals surface area contributed by atoms with Crippen LogP contribution >= 0.6 is 0 Å². The van der Waals surface area contributed by atoms with Crippen LogP contribution in [0.4, 0.5) is 17.1 Å². The SMILES string of the molecule is C/C=C\C=C(/C)C1(c2ccccc2)c2ccc(N(c3ccc4c(c3)C(C)(C)c3ccccc3-4)c3ccc4c5ccccc5c5ccccc5c4c3)cc2-c2c1ccc1c2oc2ccccc21. The zero-order chi connectivity index (χ0) is 44.3. The van der Waals surface area contributed by atoms with Crippen molar-refractivity contribution in [3.63, 3.8) is 0 Å². The van der Waals surface area contributed by atoms with E-state index in [0.717, 1.165) is 44.6 Å². The second-order valence-corrected chi connectivity index (χ2v) is 18.7. The van der Waals surface area contributed by atoms with Crippen LogP contribution in [0.5, 0.6) is 0 Å². The van der Waals surface area contributed by atoms with Gasteiger partial charge in [0, 0.05) is 38.8 Å². The van der Waals surface area contributed by atoms with Gasteiger partial charge in [0.1, 0.15) is 11.2 Å². The lowest BCUT2D eigenvalue weighted by atomic mass is 9.67. The third-order valence-electron chi connectivity index (χ3n) is 15.0. The van der Waals surface area contributed by atoms with Gasteiger partial charge in [-0.05, 0) is 133 Å². The fourth-order valence-corrected chi connectivity index (χ4v) is 12.0. The van der Waals surface area contributed by atoms with Gasteiger partial charge in [-0.15, -0.1) is 0 Å². The minimum Gasteiger partial charge on any atom is -0.455 e. The summed E-state index contributed by atoms with van der Waals surface area (Å²) in [4.78, 5) is 2.49. The highest BCUT2D eigenvalue weighted by Crippen LogP contribution is 2.60. The van der Waals surface area contributed by atoms with E-state index in [9.17, 15) is 0 Å². The average molecular weight is 846 g/mol. The summed E-state index contributed by atoms with van der Waals surface area (Å²) in [7, 11) is 0. The summed E-state index contributed by atoms with van der Waals surface area (Å²) in [6.45, 7) is 9.13. The first-order valence-corrected chi connectivity index (χ1v) is 23.2. The first-order chi connectivity index (χ1) is 32.4. The standard InChI is InChI=1S/C64H47NO/c1-5-6-18-40(2)64(41-19-8-7-9-20-41)57-35-31-43(38-55(57)61-58(64)36-34-53-52-26-15-17-28-60(52)66-62(53)61)65(44-30-33-51-50-25-14-16-27-56(50)63(3,4)59(51)39-44)42-29-32-49-47-23-11-10-21-45(47)46-22-12-13-24-48(46)54(49)37-42/h5-39H,1-4H3/b6-5-,40-18+. The molecule has 0 aliphatic heterocycles. The molecule has 0 spiro atoms. The first kappa shape index (κ1) is 38.5. The van der Waals surface area contributed by atoms with Crippen LogP contribution in [0, 0.1) is 0 Å². The molecule has 0 N–H and O–H groups in total. The monoisotopic (exact) mass is 845 g/mol. The molecule has 1 aromatic heterocycles. The van der Waals surface area contributed by atoms with Gasteiger partial charge in [-0.1, -0.05) is 189 Å². The van der Waals surface area contributed by atoms with Gasteiger partial charge in [0.25, 0.3) is 0 Å². The molecule has 1 unspecified atom stereocenters. The molecule has 314 valence electrons. The largest absolute Gasteiger partial charge is 0.455 e. The fourth-order valence-electron chi connectivity index (χ4n) is 12.0. The molecule has 0 saturated carbocycles. The zero-order valence-electron chi connectivity index (χ0n) is 37.6. The van der Waals surface area contributed by atoms with Crippen molar-refractivity contribution in [3.05, 3.63) is 246 Å². The van der Waals surface area contributed by atoms with Crippen molar-refractivity contribution in [3.8, 4) is 22.3 Å². The Bertz CT molecular complexity index is 3850. The van der Waals surface area contributed by atoms with E-state index in [-0.39, 0.29) is 5.41 Å². The van der Waals surface area contributed by atoms with Gasteiger partial charge in [0.05, 0.1) is 5.41 Å². The van der Waals surface area contributed by atoms with Crippen LogP contribution in [0.1, 0.15) is 55.5 Å². The Morgan fingerprint density at radius 2 is 1.02 bits per heavy atom. The Hall–Kier alpha value is -7.94. The second kappa shape index (κ2) is 14.3. The van der Waals surface area contributed by atoms with Crippen LogP contribution in [0.15, 0.2) is 222 Å². The summed E-state index contributed by atoms with van der Waals surface area (Å²) in [5.41, 5.74) is 17.1. The third-order valence-corrected chi connectivity index (χ3v) is 15.0. The van der Waals surface area contributed by atoms with Crippen molar-refractivity contribution in [2.24, 2.45) is 0 Å². The van der Waals surface area contributed by atoms with Crippen molar-refractivity contribution < 1.29 is 4.42 Å². The Morgan fingerprint density at radius 1 is 0.455 bits per heavy atom. The topological polar surface area (TPSA) is 16.4 Å². The van der Waals surface area contributed by atoms with Gasteiger partial charge in [0.2, 0.25) is 0 Å². The maximum Gasteiger partial charge on any atom is 0.143 e. The number of furan rings is 1. The molecular weight excluding hydrogens is 799 g/mol. The first-order valence-electron chi connectivity index (χ1n) is 23.2. The number of benzene rings is 10. The molecule has 0 bridgehead atoms. The van der Waals surface area contributed by atoms with E-state index in [1.807, 2.05) is 0 Å². The quantitative estimate of drug-likeness (QED) is 0.122. The average Bonchev–Trinajstić information content (AvgIpc) is 3.97. The lowest BCUT2D eigenvalue weighted by Gasteiger charge is -2.35. The summed E-state index contributed by atoms with van der Waals surface area (Å²) < 4.78 is 6.99. The fraction of sp³-hybridized carbons (Fsp3) is 0.0938. The predicted molar refractivity (Wildman–Crippen MR) is 279 cm³/mol. The maximum atomic E-state index is 6.99. The van der Waals surface area contributed by atoms with Crippen LogP contribution < -0.4 is 4.90 Å². The summed E-state index contributed by atoms with van der Waals surface area (Å²) in [5, 5.41) is 9.82. The smallest absolute Gasteiger partial charge is 0.143 e. The Balaban J connectivity index is 1.12. The van der Waals surface area contributed by atoms with Gasteiger partial charge in [-0.3, -0.25) is 0 Å². The molecule has 1 heterocycles. The molecule has 0 fully saturated rings. The number of para-hydroxylation sites is 1. The van der Waals surface area contributed by atoms with Crippen molar-refractivity contribution in [1.82, 2.24) is 0 Å². The summed E-state index contributed by atoms with van der Waals surface area (Å²) in [5.74, 6) is 0. The van der Waals surface area contributed by atoms with Gasteiger partial charge >= 0.3 is 0 Å². The van der Waals surface area contributed by atoms with E-state index in [4.69, 9.17) is 4.42 Å². The van der Waals surface area contributed by atoms with Crippen LogP contribution in [0.25, 0.3) is 76.5 Å². The van der Waals surface area contributed by atoms with E-state index in [0.29, 0.717) is 0 Å². The Kier molecular flexibility index (Phi) is 8.33. The van der Waals surface area contributed by atoms with Gasteiger partial charge < -0.3 is 9.32 Å². The van der Waals surface area contributed by atoms with Crippen molar-refractivity contribution >= 4 is 71.3 Å². The van der Waals surface area contributed by atoms with Gasteiger partial charge in [-0.2, -0.15) is 0 Å². The highest BCUT2D eigenvalue weighted by Gasteiger charge is 2.47. The van der Waals surface area contributed by atoms with Crippen LogP contribution in [-0.2, 0) is 10.8 Å². The minimum absolute atomic E-state index is 0.165. The van der Waals surface area contributed by atoms with Gasteiger partial charge in [0.15, 0.2) is 0 Å². The normalized spacial score (nSPS) is 16.1.